The van der Waals surface area contributed by atoms with Gasteiger partial charge in [-0.05, 0) is 41.7 Å². The largest absolute Gasteiger partial charge is 0.427 e. The van der Waals surface area contributed by atoms with E-state index in [0.717, 1.165) is 5.75 Å². The Morgan fingerprint density at radius 3 is 2.35 bits per heavy atom. The van der Waals surface area contributed by atoms with Gasteiger partial charge < -0.3 is 9.47 Å². The summed E-state index contributed by atoms with van der Waals surface area (Å²) in [6.07, 6.45) is 1.05. The van der Waals surface area contributed by atoms with Crippen LogP contribution in [-0.2, 0) is 15.3 Å². The van der Waals surface area contributed by atoms with Crippen molar-refractivity contribution in [2.45, 2.75) is 44.3 Å². The first kappa shape index (κ1) is 20.5. The van der Waals surface area contributed by atoms with E-state index in [-0.39, 0.29) is 11.4 Å². The molecule has 0 unspecified atom stereocenters. The molecule has 0 aliphatic carbocycles. The number of thioether (sulfide) groups is 1. The van der Waals surface area contributed by atoms with Crippen molar-refractivity contribution in [3.05, 3.63) is 60.2 Å². The van der Waals surface area contributed by atoms with Crippen LogP contribution < -0.4 is 4.74 Å². The molecule has 0 bridgehead atoms. The van der Waals surface area contributed by atoms with Crippen LogP contribution >= 0.6 is 11.8 Å². The summed E-state index contributed by atoms with van der Waals surface area (Å²) in [6.45, 7) is 7.67. The van der Waals surface area contributed by atoms with Gasteiger partial charge in [0.1, 0.15) is 5.75 Å². The monoisotopic (exact) mass is 372 g/mol. The summed E-state index contributed by atoms with van der Waals surface area (Å²) in [5.74, 6) is 1.28. The molecule has 4 heteroatoms. The van der Waals surface area contributed by atoms with Crippen molar-refractivity contribution in [1.82, 2.24) is 0 Å². The third kappa shape index (κ3) is 8.54. The van der Waals surface area contributed by atoms with E-state index in [1.807, 2.05) is 42.5 Å². The predicted molar refractivity (Wildman–Crippen MR) is 108 cm³/mol. The van der Waals surface area contributed by atoms with Crippen molar-refractivity contribution in [3.63, 3.8) is 0 Å². The smallest absolute Gasteiger partial charge is 0.311 e. The average Bonchev–Trinajstić information content (AvgIpc) is 2.61. The van der Waals surface area contributed by atoms with Crippen molar-refractivity contribution in [1.29, 1.82) is 0 Å². The maximum atomic E-state index is 11.9. The highest BCUT2D eigenvalue weighted by molar-refractivity contribution is 7.98. The van der Waals surface area contributed by atoms with Gasteiger partial charge in [0.25, 0.3) is 0 Å². The molecule has 0 spiro atoms. The number of hydrogen-bond donors (Lipinski definition) is 0. The van der Waals surface area contributed by atoms with Crippen molar-refractivity contribution in [2.75, 3.05) is 13.2 Å². The summed E-state index contributed by atoms with van der Waals surface area (Å²) >= 11 is 1.79. The fourth-order valence-electron chi connectivity index (χ4n) is 2.22. The normalized spacial score (nSPS) is 11.3. The predicted octanol–water partition coefficient (Wildman–Crippen LogP) is 5.73. The van der Waals surface area contributed by atoms with Crippen molar-refractivity contribution in [3.8, 4) is 5.75 Å². The highest BCUT2D eigenvalue weighted by Crippen LogP contribution is 2.23. The van der Waals surface area contributed by atoms with Gasteiger partial charge in [-0.1, -0.05) is 51.1 Å². The molecule has 0 aliphatic rings. The maximum absolute atomic E-state index is 11.9. The fourth-order valence-corrected chi connectivity index (χ4v) is 3.09. The molecule has 0 aliphatic heterocycles. The van der Waals surface area contributed by atoms with E-state index in [1.165, 1.54) is 10.5 Å². The summed E-state index contributed by atoms with van der Waals surface area (Å²) in [6, 6.07) is 18.0. The van der Waals surface area contributed by atoms with Gasteiger partial charge in [-0.25, -0.2) is 0 Å². The molecule has 2 rings (SSSR count). The van der Waals surface area contributed by atoms with E-state index < -0.39 is 0 Å². The van der Waals surface area contributed by atoms with E-state index in [2.05, 4.69) is 32.9 Å². The summed E-state index contributed by atoms with van der Waals surface area (Å²) in [4.78, 5) is 13.1. The molecule has 0 amide bonds. The van der Waals surface area contributed by atoms with Crippen molar-refractivity contribution < 1.29 is 14.3 Å². The first-order valence-electron chi connectivity index (χ1n) is 8.98. The minimum atomic E-state index is -0.212. The van der Waals surface area contributed by atoms with Gasteiger partial charge in [-0.3, -0.25) is 4.79 Å². The number of rotatable bonds is 9. The van der Waals surface area contributed by atoms with Crippen LogP contribution in [0.4, 0.5) is 0 Å². The van der Waals surface area contributed by atoms with Gasteiger partial charge in [-0.15, -0.1) is 11.8 Å². The first-order chi connectivity index (χ1) is 12.4. The van der Waals surface area contributed by atoms with Gasteiger partial charge in [0.15, 0.2) is 0 Å². The first-order valence-corrected chi connectivity index (χ1v) is 9.96. The molecule has 2 aromatic carbocycles. The second-order valence-corrected chi connectivity index (χ2v) is 8.49. The number of hydrogen-bond acceptors (Lipinski definition) is 4. The highest BCUT2D eigenvalue weighted by Gasteiger charge is 2.10. The number of carbonyl (C=O) groups is 1. The topological polar surface area (TPSA) is 35.5 Å². The fraction of sp³-hybridized carbons (Fsp3) is 0.409. The summed E-state index contributed by atoms with van der Waals surface area (Å²) in [5.41, 5.74) is 1.36. The SMILES string of the molecule is CC(C)(C)COCCCC(=O)Oc1ccc(CSc2ccccc2)cc1. The van der Waals surface area contributed by atoms with Crippen molar-refractivity contribution >= 4 is 17.7 Å². The van der Waals surface area contributed by atoms with Crippen LogP contribution in [0.3, 0.4) is 0 Å². The number of esters is 1. The van der Waals surface area contributed by atoms with Crippen LogP contribution in [0.1, 0.15) is 39.2 Å². The molecule has 0 radical (unpaired) electrons. The molecule has 26 heavy (non-hydrogen) atoms. The van der Waals surface area contributed by atoms with Crippen LogP contribution in [0.15, 0.2) is 59.5 Å². The third-order valence-corrected chi connectivity index (χ3v) is 4.59. The Hall–Kier alpha value is -1.78. The third-order valence-electron chi connectivity index (χ3n) is 3.51. The Kier molecular flexibility index (Phi) is 8.20. The zero-order chi connectivity index (χ0) is 18.8. The Labute approximate surface area is 161 Å². The molecule has 0 saturated heterocycles. The van der Waals surface area contributed by atoms with Crippen LogP contribution in [0.5, 0.6) is 5.75 Å². The zero-order valence-corrected chi connectivity index (χ0v) is 16.7. The van der Waals surface area contributed by atoms with Gasteiger partial charge in [-0.2, -0.15) is 0 Å². The lowest BCUT2D eigenvalue weighted by Gasteiger charge is -2.17. The molecule has 0 atom stereocenters. The standard InChI is InChI=1S/C22H28O3S/c1-22(2,3)17-24-15-7-10-21(23)25-19-13-11-18(12-14-19)16-26-20-8-5-4-6-9-20/h4-6,8-9,11-14H,7,10,15-17H2,1-3H3. The summed E-state index contributed by atoms with van der Waals surface area (Å²) in [7, 11) is 0. The Bertz CT molecular complexity index is 660. The number of benzene rings is 2. The van der Waals surface area contributed by atoms with E-state index >= 15 is 0 Å². The van der Waals surface area contributed by atoms with Crippen LogP contribution in [0, 0.1) is 5.41 Å². The lowest BCUT2D eigenvalue weighted by molar-refractivity contribution is -0.134. The quantitative estimate of drug-likeness (QED) is 0.244. The van der Waals surface area contributed by atoms with Gasteiger partial charge in [0.2, 0.25) is 0 Å². The molecule has 0 fully saturated rings. The van der Waals surface area contributed by atoms with E-state index in [9.17, 15) is 4.79 Å². The van der Waals surface area contributed by atoms with Crippen LogP contribution in [0.2, 0.25) is 0 Å². The van der Waals surface area contributed by atoms with E-state index in [0.29, 0.717) is 31.8 Å². The minimum Gasteiger partial charge on any atom is -0.427 e. The minimum absolute atomic E-state index is 0.154. The molecule has 0 N–H and O–H groups in total. The molecule has 0 heterocycles. The van der Waals surface area contributed by atoms with E-state index in [1.54, 1.807) is 11.8 Å². The molecule has 140 valence electrons. The molecule has 0 saturated carbocycles. The molecular formula is C22H28O3S. The van der Waals surface area contributed by atoms with Crippen molar-refractivity contribution in [2.24, 2.45) is 5.41 Å². The van der Waals surface area contributed by atoms with Crippen LogP contribution in [0.25, 0.3) is 0 Å². The van der Waals surface area contributed by atoms with Crippen LogP contribution in [-0.4, -0.2) is 19.2 Å². The molecular weight excluding hydrogens is 344 g/mol. The van der Waals surface area contributed by atoms with Gasteiger partial charge in [0, 0.05) is 23.7 Å². The lowest BCUT2D eigenvalue weighted by atomic mass is 9.99. The summed E-state index contributed by atoms with van der Waals surface area (Å²) in [5, 5.41) is 0. The second kappa shape index (κ2) is 10.4. The maximum Gasteiger partial charge on any atom is 0.311 e. The number of ether oxygens (including phenoxy) is 2. The van der Waals surface area contributed by atoms with Gasteiger partial charge >= 0.3 is 5.97 Å². The van der Waals surface area contributed by atoms with Gasteiger partial charge in [0.05, 0.1) is 6.61 Å². The average molecular weight is 373 g/mol. The molecule has 0 aromatic heterocycles. The highest BCUT2D eigenvalue weighted by atomic mass is 32.2. The molecule has 2 aromatic rings. The Morgan fingerprint density at radius 2 is 1.69 bits per heavy atom. The molecule has 3 nitrogen and oxygen atoms in total. The Balaban J connectivity index is 1.67. The number of carbonyl (C=O) groups excluding carboxylic acids is 1. The van der Waals surface area contributed by atoms with E-state index in [4.69, 9.17) is 9.47 Å². The lowest BCUT2D eigenvalue weighted by Crippen LogP contribution is -2.16. The second-order valence-electron chi connectivity index (χ2n) is 7.44. The summed E-state index contributed by atoms with van der Waals surface area (Å²) < 4.78 is 10.9. The zero-order valence-electron chi connectivity index (χ0n) is 15.9. The Morgan fingerprint density at radius 1 is 1.00 bits per heavy atom.